The normalized spacial score (nSPS) is 16.8. The van der Waals surface area contributed by atoms with Gasteiger partial charge in [-0.05, 0) is 29.5 Å². The van der Waals surface area contributed by atoms with E-state index in [-0.39, 0.29) is 22.1 Å². The number of non-ortho nitro benzene ring substituents is 1. The summed E-state index contributed by atoms with van der Waals surface area (Å²) in [4.78, 5) is 22.8. The van der Waals surface area contributed by atoms with Crippen molar-refractivity contribution in [2.24, 2.45) is 0 Å². The van der Waals surface area contributed by atoms with Crippen molar-refractivity contribution in [3.63, 3.8) is 0 Å². The van der Waals surface area contributed by atoms with Gasteiger partial charge in [-0.1, -0.05) is 18.7 Å². The first-order chi connectivity index (χ1) is 9.01. The zero-order valence-electron chi connectivity index (χ0n) is 10.1. The molecule has 0 atom stereocenters. The lowest BCUT2D eigenvalue weighted by atomic mass is 10.1. The fourth-order valence-electron chi connectivity index (χ4n) is 1.65. The van der Waals surface area contributed by atoms with Crippen LogP contribution in [0.15, 0.2) is 34.8 Å². The van der Waals surface area contributed by atoms with Crippen LogP contribution in [0, 0.1) is 10.1 Å². The average molecular weight is 277 g/mol. The second-order valence-corrected chi connectivity index (χ2v) is 5.05. The van der Waals surface area contributed by atoms with Crippen LogP contribution in [-0.2, 0) is 4.79 Å². The van der Waals surface area contributed by atoms with Crippen LogP contribution in [-0.4, -0.2) is 15.1 Å². The molecule has 0 unspecified atom stereocenters. The van der Waals surface area contributed by atoms with Crippen LogP contribution in [0.3, 0.4) is 0 Å². The number of rotatable bonds is 3. The van der Waals surface area contributed by atoms with Gasteiger partial charge in [-0.15, -0.1) is 0 Å². The van der Waals surface area contributed by atoms with E-state index in [4.69, 9.17) is 0 Å². The predicted molar refractivity (Wildman–Crippen MR) is 73.7 cm³/mol. The Hall–Kier alpha value is -2.08. The summed E-state index contributed by atoms with van der Waals surface area (Å²) < 4.78 is 0. The van der Waals surface area contributed by atoms with Crippen LogP contribution in [0.1, 0.15) is 18.9 Å². The van der Waals surface area contributed by atoms with Crippen LogP contribution < -0.4 is 0 Å². The topological polar surface area (TPSA) is 80.4 Å². The summed E-state index contributed by atoms with van der Waals surface area (Å²) in [7, 11) is 0. The highest BCUT2D eigenvalue weighted by Crippen LogP contribution is 2.35. The number of carbonyl (C=O) groups excluding carboxylic acids is 1. The lowest BCUT2D eigenvalue weighted by Gasteiger charge is -2.00. The maximum atomic E-state index is 11.7. The number of allylic oxidation sites excluding steroid dienone is 2. The second-order valence-electron chi connectivity index (χ2n) is 3.95. The molecule has 1 aromatic rings. The average Bonchev–Trinajstić information content (AvgIpc) is 2.72. The van der Waals surface area contributed by atoms with Crippen LogP contribution >= 0.6 is 11.8 Å². The number of carbonyl (C=O) groups is 1. The van der Waals surface area contributed by atoms with Crippen molar-refractivity contribution in [3.8, 4) is 5.75 Å². The third kappa shape index (κ3) is 2.85. The van der Waals surface area contributed by atoms with Gasteiger partial charge in [0.15, 0.2) is 0 Å². The van der Waals surface area contributed by atoms with E-state index in [1.54, 1.807) is 6.08 Å². The molecule has 0 radical (unpaired) electrons. The fourth-order valence-corrected chi connectivity index (χ4v) is 2.46. The molecule has 0 saturated heterocycles. The molecule has 98 valence electrons. The quantitative estimate of drug-likeness (QED) is 0.521. The summed E-state index contributed by atoms with van der Waals surface area (Å²) >= 11 is 1.15. The van der Waals surface area contributed by atoms with Crippen molar-refractivity contribution in [2.75, 3.05) is 0 Å². The Kier molecular flexibility index (Phi) is 3.71. The number of hydrogen-bond acceptors (Lipinski definition) is 5. The molecule has 0 aromatic heterocycles. The monoisotopic (exact) mass is 277 g/mol. The van der Waals surface area contributed by atoms with Gasteiger partial charge in [0.25, 0.3) is 5.69 Å². The molecule has 0 spiro atoms. The minimum absolute atomic E-state index is 0.0887. The maximum absolute atomic E-state index is 11.7. The molecule has 1 aliphatic rings. The van der Waals surface area contributed by atoms with Gasteiger partial charge in [0, 0.05) is 23.3 Å². The SMILES string of the molecule is CCC1=C/C(=C/c2cc([N+](=O)[O-])ccc2O)C(=O)S1. The van der Waals surface area contributed by atoms with Gasteiger partial charge in [-0.3, -0.25) is 14.9 Å². The van der Waals surface area contributed by atoms with Crippen molar-refractivity contribution in [1.82, 2.24) is 0 Å². The zero-order valence-corrected chi connectivity index (χ0v) is 10.9. The minimum Gasteiger partial charge on any atom is -0.507 e. The Morgan fingerprint density at radius 3 is 2.79 bits per heavy atom. The summed E-state index contributed by atoms with van der Waals surface area (Å²) in [5.41, 5.74) is 0.590. The third-order valence-electron chi connectivity index (χ3n) is 2.66. The van der Waals surface area contributed by atoms with Crippen molar-refractivity contribution < 1.29 is 14.8 Å². The molecule has 0 bridgehead atoms. The van der Waals surface area contributed by atoms with Crippen molar-refractivity contribution in [2.45, 2.75) is 13.3 Å². The summed E-state index contributed by atoms with van der Waals surface area (Å²) in [6, 6.07) is 3.72. The Bertz CT molecular complexity index is 619. The van der Waals surface area contributed by atoms with Gasteiger partial charge in [0.05, 0.1) is 4.92 Å². The number of aromatic hydroxyl groups is 1. The van der Waals surface area contributed by atoms with Gasteiger partial charge in [0.2, 0.25) is 5.12 Å². The second kappa shape index (κ2) is 5.27. The molecular formula is C13H11NO4S. The molecule has 0 fully saturated rings. The van der Waals surface area contributed by atoms with Crippen molar-refractivity contribution >= 4 is 28.6 Å². The van der Waals surface area contributed by atoms with E-state index in [9.17, 15) is 20.0 Å². The van der Waals surface area contributed by atoms with E-state index in [1.807, 2.05) is 6.92 Å². The molecule has 19 heavy (non-hydrogen) atoms. The molecular weight excluding hydrogens is 266 g/mol. The molecule has 1 aliphatic heterocycles. The van der Waals surface area contributed by atoms with Gasteiger partial charge in [-0.2, -0.15) is 0 Å². The predicted octanol–water partition coefficient (Wildman–Crippen LogP) is 3.25. The van der Waals surface area contributed by atoms with Gasteiger partial charge in [-0.25, -0.2) is 0 Å². The van der Waals surface area contributed by atoms with Crippen LogP contribution in [0.4, 0.5) is 5.69 Å². The molecule has 2 rings (SSSR count). The van der Waals surface area contributed by atoms with Crippen LogP contribution in [0.5, 0.6) is 5.75 Å². The molecule has 5 nitrogen and oxygen atoms in total. The van der Waals surface area contributed by atoms with Crippen molar-refractivity contribution in [3.05, 3.63) is 50.4 Å². The molecule has 1 aromatic carbocycles. The Balaban J connectivity index is 2.43. The third-order valence-corrected chi connectivity index (χ3v) is 3.75. The summed E-state index contributed by atoms with van der Waals surface area (Å²) in [6.45, 7) is 1.94. The smallest absolute Gasteiger partial charge is 0.270 e. The number of benzene rings is 1. The highest BCUT2D eigenvalue weighted by Gasteiger charge is 2.19. The standard InChI is InChI=1S/C13H11NO4S/c1-2-11-7-9(13(16)19-11)5-8-6-10(14(17)18)3-4-12(8)15/h3-7,15H,2H2,1H3/b9-5-. The van der Waals surface area contributed by atoms with Crippen molar-refractivity contribution in [1.29, 1.82) is 0 Å². The lowest BCUT2D eigenvalue weighted by Crippen LogP contribution is -1.91. The Morgan fingerprint density at radius 2 is 2.21 bits per heavy atom. The van der Waals surface area contributed by atoms with E-state index in [0.717, 1.165) is 23.1 Å². The fraction of sp³-hybridized carbons (Fsp3) is 0.154. The number of nitro groups is 1. The van der Waals surface area contributed by atoms with E-state index >= 15 is 0 Å². The van der Waals surface area contributed by atoms with Gasteiger partial charge >= 0.3 is 0 Å². The Labute approximate surface area is 113 Å². The molecule has 0 amide bonds. The molecule has 6 heteroatoms. The number of nitro benzene ring substituents is 1. The first-order valence-electron chi connectivity index (χ1n) is 5.63. The number of phenolic OH excluding ortho intramolecular Hbond substituents is 1. The van der Waals surface area contributed by atoms with E-state index < -0.39 is 4.92 Å². The van der Waals surface area contributed by atoms with Crippen LogP contribution in [0.25, 0.3) is 6.08 Å². The highest BCUT2D eigenvalue weighted by molar-refractivity contribution is 8.17. The Morgan fingerprint density at radius 1 is 1.47 bits per heavy atom. The first kappa shape index (κ1) is 13.4. The molecule has 1 heterocycles. The lowest BCUT2D eigenvalue weighted by molar-refractivity contribution is -0.384. The number of nitrogens with zero attached hydrogens (tertiary/aromatic N) is 1. The number of thioether (sulfide) groups is 1. The van der Waals surface area contributed by atoms with Gasteiger partial charge in [0.1, 0.15) is 5.75 Å². The van der Waals surface area contributed by atoms with E-state index in [1.165, 1.54) is 24.3 Å². The summed E-state index contributed by atoms with van der Waals surface area (Å²) in [6.07, 6.45) is 3.97. The first-order valence-corrected chi connectivity index (χ1v) is 6.44. The molecule has 0 aliphatic carbocycles. The zero-order chi connectivity index (χ0) is 14.0. The molecule has 1 N–H and O–H groups in total. The minimum atomic E-state index is -0.542. The van der Waals surface area contributed by atoms with Crippen LogP contribution in [0.2, 0.25) is 0 Å². The van der Waals surface area contributed by atoms with E-state index in [2.05, 4.69) is 0 Å². The largest absolute Gasteiger partial charge is 0.507 e. The maximum Gasteiger partial charge on any atom is 0.270 e. The summed E-state index contributed by atoms with van der Waals surface area (Å²) in [5, 5.41) is 20.3. The highest BCUT2D eigenvalue weighted by atomic mass is 32.2. The number of hydrogen-bond donors (Lipinski definition) is 1. The number of phenols is 1. The van der Waals surface area contributed by atoms with E-state index in [0.29, 0.717) is 5.57 Å². The molecule has 0 saturated carbocycles. The summed E-state index contributed by atoms with van der Waals surface area (Å²) in [5.74, 6) is -0.0887. The van der Waals surface area contributed by atoms with Gasteiger partial charge < -0.3 is 5.11 Å².